The zero-order valence-corrected chi connectivity index (χ0v) is 24.1. The van der Waals surface area contributed by atoms with Gasteiger partial charge in [-0.3, -0.25) is 9.69 Å². The van der Waals surface area contributed by atoms with Crippen molar-refractivity contribution in [2.45, 2.75) is 49.9 Å². The monoisotopic (exact) mass is 604 g/mol. The first-order valence-corrected chi connectivity index (χ1v) is 14.9. The van der Waals surface area contributed by atoms with E-state index in [0.717, 1.165) is 44.0 Å². The number of halogens is 2. The van der Waals surface area contributed by atoms with Gasteiger partial charge in [-0.1, -0.05) is 12.1 Å². The number of likely N-dealkylation sites (tertiary alicyclic amines) is 2. The molecule has 0 saturated carbocycles. The fourth-order valence-corrected chi connectivity index (χ4v) is 5.92. The first kappa shape index (κ1) is 29.9. The number of nitrogens with zero attached hydrogens (tertiary/aromatic N) is 5. The number of carbonyl (C=O) groups is 1. The van der Waals surface area contributed by atoms with E-state index in [1.165, 1.54) is 10.5 Å². The van der Waals surface area contributed by atoms with Gasteiger partial charge in [-0.2, -0.15) is 5.26 Å². The quantitative estimate of drug-likeness (QED) is 0.374. The molecule has 4 heterocycles. The summed E-state index contributed by atoms with van der Waals surface area (Å²) < 4.78 is 36.8. The highest BCUT2D eigenvalue weighted by Crippen LogP contribution is 2.32. The third-order valence-corrected chi connectivity index (χ3v) is 8.59. The van der Waals surface area contributed by atoms with Crippen molar-refractivity contribution in [1.82, 2.24) is 19.8 Å². The SMILES string of the molecule is N#Cc1cc(-c2ccnc(Nc3ccc(C4CCN(C5COC5)C4)cc3)n2)ccc1OC1CCN(C(=O)[C@@H](O)C(F)F)CC1. The van der Waals surface area contributed by atoms with Gasteiger partial charge in [0.15, 0.2) is 6.10 Å². The van der Waals surface area contributed by atoms with E-state index < -0.39 is 18.4 Å². The number of aliphatic hydroxyl groups is 1. The fourth-order valence-electron chi connectivity index (χ4n) is 5.92. The number of benzene rings is 2. The number of aliphatic hydroxyl groups excluding tert-OH is 1. The Morgan fingerprint density at radius 2 is 1.86 bits per heavy atom. The number of hydrogen-bond donors (Lipinski definition) is 2. The Labute approximate surface area is 254 Å². The van der Waals surface area contributed by atoms with Gasteiger partial charge in [0.2, 0.25) is 5.95 Å². The topological polar surface area (TPSA) is 124 Å². The first-order valence-electron chi connectivity index (χ1n) is 14.9. The van der Waals surface area contributed by atoms with Crippen LogP contribution in [0.5, 0.6) is 5.75 Å². The van der Waals surface area contributed by atoms with Gasteiger partial charge in [0.05, 0.1) is 30.5 Å². The van der Waals surface area contributed by atoms with Crippen molar-refractivity contribution in [3.8, 4) is 23.1 Å². The molecule has 0 aliphatic carbocycles. The summed E-state index contributed by atoms with van der Waals surface area (Å²) in [6.07, 6.45) is -2.14. The first-order chi connectivity index (χ1) is 21.4. The predicted octanol–water partition coefficient (Wildman–Crippen LogP) is 3.94. The smallest absolute Gasteiger partial charge is 0.273 e. The molecular formula is C32H34F2N6O4. The van der Waals surface area contributed by atoms with Crippen LogP contribution in [0.25, 0.3) is 11.3 Å². The average Bonchev–Trinajstić information content (AvgIpc) is 3.50. The Kier molecular flexibility index (Phi) is 8.97. The van der Waals surface area contributed by atoms with Crippen LogP contribution in [0.4, 0.5) is 20.4 Å². The van der Waals surface area contributed by atoms with Crippen LogP contribution >= 0.6 is 0 Å². The third kappa shape index (κ3) is 6.65. The summed E-state index contributed by atoms with van der Waals surface area (Å²) >= 11 is 0. The molecule has 3 aliphatic rings. The Hall–Kier alpha value is -4.18. The Morgan fingerprint density at radius 1 is 1.09 bits per heavy atom. The van der Waals surface area contributed by atoms with E-state index in [1.54, 1.807) is 24.4 Å². The van der Waals surface area contributed by atoms with Crippen LogP contribution < -0.4 is 10.1 Å². The molecule has 2 aromatic carbocycles. The van der Waals surface area contributed by atoms with Crippen molar-refractivity contribution in [1.29, 1.82) is 5.26 Å². The van der Waals surface area contributed by atoms with E-state index in [9.17, 15) is 23.9 Å². The summed E-state index contributed by atoms with van der Waals surface area (Å²) in [6, 6.07) is 18.1. The zero-order chi connectivity index (χ0) is 30.6. The molecule has 2 N–H and O–H groups in total. The summed E-state index contributed by atoms with van der Waals surface area (Å²) in [5.74, 6) is 0.374. The largest absolute Gasteiger partial charge is 0.489 e. The molecule has 12 heteroatoms. The molecule has 230 valence electrons. The van der Waals surface area contributed by atoms with E-state index in [-0.39, 0.29) is 19.2 Å². The number of rotatable bonds is 9. The number of nitriles is 1. The molecule has 3 aromatic rings. The van der Waals surface area contributed by atoms with Crippen molar-refractivity contribution in [3.63, 3.8) is 0 Å². The molecule has 3 fully saturated rings. The van der Waals surface area contributed by atoms with E-state index in [2.05, 4.69) is 38.4 Å². The predicted molar refractivity (Wildman–Crippen MR) is 158 cm³/mol. The van der Waals surface area contributed by atoms with Crippen LogP contribution in [0.1, 0.15) is 36.3 Å². The standard InChI is InChI=1S/C32H34F2N6O4/c33-30(34)29(41)31(42)39-13-9-26(10-14-39)44-28-6-3-21(15-23(28)16-35)27-7-11-36-32(38-27)37-24-4-1-20(2-5-24)22-8-12-40(17-22)25-18-43-19-25/h1-7,11,15,22,25-26,29-30,41H,8-10,12-14,17-19H2,(H,36,37,38)/t22?,29-/m0/s1. The summed E-state index contributed by atoms with van der Waals surface area (Å²) in [7, 11) is 0. The molecule has 3 aliphatic heterocycles. The minimum Gasteiger partial charge on any atom is -0.489 e. The van der Waals surface area contributed by atoms with Crippen LogP contribution in [0.2, 0.25) is 0 Å². The molecule has 10 nitrogen and oxygen atoms in total. The lowest BCUT2D eigenvalue weighted by Crippen LogP contribution is -2.47. The van der Waals surface area contributed by atoms with E-state index >= 15 is 0 Å². The van der Waals surface area contributed by atoms with Gasteiger partial charge < -0.3 is 24.8 Å². The number of carbonyl (C=O) groups excluding carboxylic acids is 1. The second kappa shape index (κ2) is 13.2. The molecule has 2 atom stereocenters. The van der Waals surface area contributed by atoms with Crippen molar-refractivity contribution in [2.24, 2.45) is 0 Å². The number of amides is 1. The molecule has 1 amide bonds. The lowest BCUT2D eigenvalue weighted by Gasteiger charge is -2.34. The Balaban J connectivity index is 1.06. The van der Waals surface area contributed by atoms with Gasteiger partial charge in [0.25, 0.3) is 12.3 Å². The Bertz CT molecular complexity index is 1510. The molecule has 6 rings (SSSR count). The number of nitrogens with one attached hydrogen (secondary N) is 1. The number of hydrogen-bond acceptors (Lipinski definition) is 9. The summed E-state index contributed by atoms with van der Waals surface area (Å²) in [5.41, 5.74) is 3.89. The van der Waals surface area contributed by atoms with E-state index in [0.29, 0.717) is 47.8 Å². The van der Waals surface area contributed by atoms with Crippen LogP contribution in [0, 0.1) is 11.3 Å². The van der Waals surface area contributed by atoms with Gasteiger partial charge >= 0.3 is 0 Å². The van der Waals surface area contributed by atoms with Crippen LogP contribution in [0.15, 0.2) is 54.7 Å². The maximum absolute atomic E-state index is 12.7. The minimum absolute atomic E-state index is 0.183. The van der Waals surface area contributed by atoms with Crippen molar-refractivity contribution < 1.29 is 28.2 Å². The zero-order valence-electron chi connectivity index (χ0n) is 24.1. The van der Waals surface area contributed by atoms with Crippen LogP contribution in [-0.2, 0) is 9.53 Å². The lowest BCUT2D eigenvalue weighted by molar-refractivity contribution is -0.150. The molecular weight excluding hydrogens is 570 g/mol. The molecule has 3 saturated heterocycles. The van der Waals surface area contributed by atoms with Gasteiger partial charge in [-0.25, -0.2) is 18.7 Å². The number of anilines is 2. The van der Waals surface area contributed by atoms with Gasteiger partial charge in [-0.15, -0.1) is 0 Å². The molecule has 0 spiro atoms. The lowest BCUT2D eigenvalue weighted by atomic mass is 9.98. The Morgan fingerprint density at radius 3 is 2.55 bits per heavy atom. The average molecular weight is 605 g/mol. The third-order valence-electron chi connectivity index (χ3n) is 8.59. The van der Waals surface area contributed by atoms with Crippen LogP contribution in [0.3, 0.4) is 0 Å². The van der Waals surface area contributed by atoms with Crippen molar-refractivity contribution in [2.75, 3.05) is 44.7 Å². The van der Waals surface area contributed by atoms with Crippen molar-refractivity contribution >= 4 is 17.5 Å². The maximum Gasteiger partial charge on any atom is 0.273 e. The number of alkyl halides is 2. The molecule has 44 heavy (non-hydrogen) atoms. The highest BCUT2D eigenvalue weighted by atomic mass is 19.3. The highest BCUT2D eigenvalue weighted by molar-refractivity contribution is 5.81. The number of aromatic nitrogens is 2. The maximum atomic E-state index is 12.7. The molecule has 0 radical (unpaired) electrons. The summed E-state index contributed by atoms with van der Waals surface area (Å²) in [4.78, 5) is 24.8. The minimum atomic E-state index is -3.12. The summed E-state index contributed by atoms with van der Waals surface area (Å²) in [5, 5.41) is 22.5. The van der Waals surface area contributed by atoms with Gasteiger partial charge in [0, 0.05) is 49.9 Å². The number of piperidine rings is 1. The fraction of sp³-hybridized carbons (Fsp3) is 0.438. The second-order valence-corrected chi connectivity index (χ2v) is 11.4. The van der Waals surface area contributed by atoms with E-state index in [1.807, 2.05) is 18.2 Å². The highest BCUT2D eigenvalue weighted by Gasteiger charge is 2.34. The molecule has 1 aromatic heterocycles. The van der Waals surface area contributed by atoms with Crippen LogP contribution in [-0.4, -0.2) is 94.8 Å². The van der Waals surface area contributed by atoms with E-state index in [4.69, 9.17) is 9.47 Å². The molecule has 0 bridgehead atoms. The summed E-state index contributed by atoms with van der Waals surface area (Å²) in [6.45, 7) is 4.23. The normalized spacial score (nSPS) is 20.2. The van der Waals surface area contributed by atoms with Gasteiger partial charge in [-0.05, 0) is 60.8 Å². The van der Waals surface area contributed by atoms with Gasteiger partial charge in [0.1, 0.15) is 17.9 Å². The number of ether oxygens (including phenoxy) is 2. The molecule has 1 unspecified atom stereocenters. The van der Waals surface area contributed by atoms with Crippen molar-refractivity contribution in [3.05, 3.63) is 65.9 Å². The second-order valence-electron chi connectivity index (χ2n) is 11.4.